The monoisotopic (exact) mass is 265 g/mol. The first-order valence-corrected chi connectivity index (χ1v) is 6.33. The van der Waals surface area contributed by atoms with Crippen molar-refractivity contribution in [3.63, 3.8) is 0 Å². The van der Waals surface area contributed by atoms with E-state index in [0.29, 0.717) is 18.5 Å². The van der Waals surface area contributed by atoms with Crippen molar-refractivity contribution in [3.05, 3.63) is 28.8 Å². The second-order valence-electron chi connectivity index (χ2n) is 5.97. The number of aliphatic carboxylic acids is 1. The van der Waals surface area contributed by atoms with Gasteiger partial charge in [-0.3, -0.25) is 4.79 Å². The van der Waals surface area contributed by atoms with Crippen molar-refractivity contribution in [2.45, 2.75) is 33.7 Å². The number of carboxylic acid groups (broad SMARTS) is 1. The molecule has 1 rings (SSSR count). The average molecular weight is 265 g/mol. The van der Waals surface area contributed by atoms with Crippen LogP contribution in [0.4, 0.5) is 0 Å². The highest BCUT2D eigenvalue weighted by Gasteiger charge is 2.29. The lowest BCUT2D eigenvalue weighted by Crippen LogP contribution is -2.26. The predicted octanol–water partition coefficient (Wildman–Crippen LogP) is 2.42. The van der Waals surface area contributed by atoms with Crippen LogP contribution >= 0.6 is 0 Å². The van der Waals surface area contributed by atoms with Crippen LogP contribution in [0.1, 0.15) is 30.5 Å². The molecule has 1 aromatic carbocycles. The minimum absolute atomic E-state index is 0.225. The summed E-state index contributed by atoms with van der Waals surface area (Å²) < 4.78 is 0. The number of aryl methyl sites for hydroxylation is 1. The number of carbonyl (C=O) groups is 1. The Morgan fingerprint density at radius 2 is 1.89 bits per heavy atom. The van der Waals surface area contributed by atoms with Crippen LogP contribution in [0.3, 0.4) is 0 Å². The van der Waals surface area contributed by atoms with Crippen molar-refractivity contribution in [1.82, 2.24) is 4.90 Å². The summed E-state index contributed by atoms with van der Waals surface area (Å²) in [5.41, 5.74) is 1.68. The van der Waals surface area contributed by atoms with Gasteiger partial charge in [0, 0.05) is 12.1 Å². The Balaban J connectivity index is 3.14. The highest BCUT2D eigenvalue weighted by atomic mass is 16.4. The van der Waals surface area contributed by atoms with Gasteiger partial charge in [0.2, 0.25) is 0 Å². The maximum Gasteiger partial charge on any atom is 0.309 e. The number of phenolic OH excluding ortho intramolecular Hbond substituents is 1. The molecule has 0 aliphatic heterocycles. The van der Waals surface area contributed by atoms with E-state index in [1.807, 2.05) is 38.1 Å². The Bertz CT molecular complexity index is 479. The van der Waals surface area contributed by atoms with Gasteiger partial charge in [0.1, 0.15) is 5.75 Å². The van der Waals surface area contributed by atoms with E-state index in [9.17, 15) is 15.0 Å². The van der Waals surface area contributed by atoms with Gasteiger partial charge in [-0.2, -0.15) is 0 Å². The van der Waals surface area contributed by atoms with Crippen LogP contribution < -0.4 is 0 Å². The molecule has 4 heteroatoms. The number of nitrogens with zero attached hydrogens (tertiary/aromatic N) is 1. The normalized spacial score (nSPS) is 11.9. The Morgan fingerprint density at radius 3 is 2.37 bits per heavy atom. The van der Waals surface area contributed by atoms with E-state index in [0.717, 1.165) is 11.1 Å². The van der Waals surface area contributed by atoms with Crippen molar-refractivity contribution in [3.8, 4) is 5.75 Å². The van der Waals surface area contributed by atoms with Gasteiger partial charge in [-0.25, -0.2) is 0 Å². The van der Waals surface area contributed by atoms with Crippen LogP contribution in [0.15, 0.2) is 12.1 Å². The Labute approximate surface area is 114 Å². The van der Waals surface area contributed by atoms with Crippen LogP contribution in [0.2, 0.25) is 0 Å². The molecule has 0 saturated heterocycles. The fraction of sp³-hybridized carbons (Fsp3) is 0.533. The van der Waals surface area contributed by atoms with Crippen molar-refractivity contribution in [2.75, 3.05) is 14.1 Å². The first-order valence-electron chi connectivity index (χ1n) is 6.33. The van der Waals surface area contributed by atoms with Crippen LogP contribution in [-0.4, -0.2) is 35.2 Å². The van der Waals surface area contributed by atoms with Crippen molar-refractivity contribution >= 4 is 5.97 Å². The number of rotatable bonds is 5. The van der Waals surface area contributed by atoms with Gasteiger partial charge < -0.3 is 15.1 Å². The predicted molar refractivity (Wildman–Crippen MR) is 75.4 cm³/mol. The summed E-state index contributed by atoms with van der Waals surface area (Å²) in [6, 6.07) is 3.75. The maximum atomic E-state index is 11.2. The minimum Gasteiger partial charge on any atom is -0.507 e. The number of aromatic hydroxyl groups is 1. The lowest BCUT2D eigenvalue weighted by molar-refractivity contribution is -0.146. The topological polar surface area (TPSA) is 60.8 Å². The molecule has 0 radical (unpaired) electrons. The van der Waals surface area contributed by atoms with E-state index in [2.05, 4.69) is 0 Å². The molecule has 106 valence electrons. The SMILES string of the molecule is Cc1ccc(CC(C)(C)C(=O)O)c(O)c1CN(C)C. The first-order chi connectivity index (χ1) is 8.65. The van der Waals surface area contributed by atoms with E-state index in [-0.39, 0.29) is 5.75 Å². The zero-order valence-electron chi connectivity index (χ0n) is 12.3. The lowest BCUT2D eigenvalue weighted by Gasteiger charge is -2.22. The molecule has 0 bridgehead atoms. The number of phenols is 1. The molecule has 0 amide bonds. The summed E-state index contributed by atoms with van der Waals surface area (Å²) in [4.78, 5) is 13.2. The van der Waals surface area contributed by atoms with Gasteiger partial charge in [0.05, 0.1) is 5.41 Å². The summed E-state index contributed by atoms with van der Waals surface area (Å²) in [6.45, 7) is 5.92. The van der Waals surface area contributed by atoms with Crippen LogP contribution in [0.25, 0.3) is 0 Å². The maximum absolute atomic E-state index is 11.2. The number of hydrogen-bond donors (Lipinski definition) is 2. The second-order valence-corrected chi connectivity index (χ2v) is 5.97. The summed E-state index contributed by atoms with van der Waals surface area (Å²) >= 11 is 0. The van der Waals surface area contributed by atoms with Gasteiger partial charge in [-0.15, -0.1) is 0 Å². The third-order valence-electron chi connectivity index (χ3n) is 3.29. The van der Waals surface area contributed by atoms with E-state index in [4.69, 9.17) is 0 Å². The van der Waals surface area contributed by atoms with Gasteiger partial charge in [-0.05, 0) is 52.4 Å². The van der Waals surface area contributed by atoms with Crippen LogP contribution in [-0.2, 0) is 17.8 Å². The van der Waals surface area contributed by atoms with Gasteiger partial charge in [0.15, 0.2) is 0 Å². The summed E-state index contributed by atoms with van der Waals surface area (Å²) in [7, 11) is 3.87. The van der Waals surface area contributed by atoms with E-state index in [1.54, 1.807) is 13.8 Å². The van der Waals surface area contributed by atoms with Gasteiger partial charge in [0.25, 0.3) is 0 Å². The third-order valence-corrected chi connectivity index (χ3v) is 3.29. The van der Waals surface area contributed by atoms with E-state index >= 15 is 0 Å². The lowest BCUT2D eigenvalue weighted by atomic mass is 9.84. The van der Waals surface area contributed by atoms with Crippen molar-refractivity contribution in [1.29, 1.82) is 0 Å². The quantitative estimate of drug-likeness (QED) is 0.858. The molecule has 0 spiro atoms. The summed E-state index contributed by atoms with van der Waals surface area (Å²) in [6.07, 6.45) is 0.314. The molecule has 0 saturated carbocycles. The van der Waals surface area contributed by atoms with Gasteiger partial charge >= 0.3 is 5.97 Å². The number of hydrogen-bond acceptors (Lipinski definition) is 3. The fourth-order valence-electron chi connectivity index (χ4n) is 2.00. The molecular formula is C15H23NO3. The molecule has 0 aliphatic carbocycles. The molecule has 0 unspecified atom stereocenters. The fourth-order valence-corrected chi connectivity index (χ4v) is 2.00. The molecule has 0 aromatic heterocycles. The molecule has 19 heavy (non-hydrogen) atoms. The highest BCUT2D eigenvalue weighted by molar-refractivity contribution is 5.74. The molecule has 0 fully saturated rings. The van der Waals surface area contributed by atoms with E-state index in [1.165, 1.54) is 0 Å². The molecule has 1 aromatic rings. The molecule has 0 aliphatic rings. The van der Waals surface area contributed by atoms with Crippen molar-refractivity contribution < 1.29 is 15.0 Å². The Kier molecular flexibility index (Phi) is 4.58. The minimum atomic E-state index is -0.887. The molecule has 4 nitrogen and oxygen atoms in total. The number of carboxylic acids is 1. The largest absolute Gasteiger partial charge is 0.507 e. The van der Waals surface area contributed by atoms with Crippen molar-refractivity contribution in [2.24, 2.45) is 5.41 Å². The van der Waals surface area contributed by atoms with Gasteiger partial charge in [-0.1, -0.05) is 12.1 Å². The standard InChI is InChI=1S/C15H23NO3/c1-10-6-7-11(8-15(2,3)14(18)19)13(17)12(10)9-16(4)5/h6-7,17H,8-9H2,1-5H3,(H,18,19). The molecular weight excluding hydrogens is 242 g/mol. The smallest absolute Gasteiger partial charge is 0.309 e. The average Bonchev–Trinajstić information content (AvgIpc) is 2.27. The van der Waals surface area contributed by atoms with Crippen LogP contribution in [0.5, 0.6) is 5.75 Å². The Hall–Kier alpha value is -1.55. The summed E-state index contributed by atoms with van der Waals surface area (Å²) in [5.74, 6) is -0.635. The van der Waals surface area contributed by atoms with E-state index < -0.39 is 11.4 Å². The third kappa shape index (κ3) is 3.70. The zero-order valence-corrected chi connectivity index (χ0v) is 12.3. The molecule has 2 N–H and O–H groups in total. The summed E-state index contributed by atoms with van der Waals surface area (Å²) in [5, 5.41) is 19.5. The highest BCUT2D eigenvalue weighted by Crippen LogP contribution is 2.32. The second kappa shape index (κ2) is 5.61. The molecule has 0 heterocycles. The number of benzene rings is 1. The Morgan fingerprint density at radius 1 is 1.32 bits per heavy atom. The zero-order chi connectivity index (χ0) is 14.8. The molecule has 0 atom stereocenters. The first kappa shape index (κ1) is 15.5. The van der Waals surface area contributed by atoms with Crippen LogP contribution in [0, 0.1) is 12.3 Å².